The molecule has 0 radical (unpaired) electrons. The van der Waals surface area contributed by atoms with Crippen LogP contribution in [-0.4, -0.2) is 11.7 Å². The number of rotatable bonds is 2. The van der Waals surface area contributed by atoms with Gasteiger partial charge in [0, 0.05) is 6.61 Å². The Morgan fingerprint density at radius 3 is 1.67 bits per heavy atom. The van der Waals surface area contributed by atoms with Crippen LogP contribution in [0.25, 0.3) is 0 Å². The van der Waals surface area contributed by atoms with E-state index in [1.165, 1.54) is 0 Å². The molecule has 0 aliphatic rings. The molecule has 0 saturated heterocycles. The number of unbranched alkanes of at least 4 members (excludes halogenated alkanes) is 1. The fourth-order valence-corrected chi connectivity index (χ4v) is 0.158. The minimum absolute atomic E-state index is 0.344. The second-order valence-electron chi connectivity index (χ2n) is 1.22. The summed E-state index contributed by atoms with van der Waals surface area (Å²) in [5.41, 5.74) is 0. The van der Waals surface area contributed by atoms with Gasteiger partial charge < -0.3 is 5.11 Å². The predicted molar refractivity (Wildman–Crippen MR) is 39.6 cm³/mol. The molecular formula is C4H10Cl3ORh. The van der Waals surface area contributed by atoms with E-state index in [1.54, 1.807) is 0 Å². The summed E-state index contributed by atoms with van der Waals surface area (Å²) < 4.78 is 0. The average molecular weight is 283 g/mol. The molecule has 0 aromatic carbocycles. The molecule has 0 heterocycles. The standard InChI is InChI=1S/C4H10O.3ClH.Rh/c1-2-3-4-5;;;;/h5H,2-4H2,1H3;3*1H;/q;;;;+3/p-3. The maximum absolute atomic E-state index is 8.07. The number of aliphatic hydroxyl groups excluding tert-OH is 1. The summed E-state index contributed by atoms with van der Waals surface area (Å²) in [6, 6.07) is 0. The van der Waals surface area contributed by atoms with Crippen LogP contribution in [0.5, 0.6) is 0 Å². The Bertz CT molecular complexity index is 40.0. The van der Waals surface area contributed by atoms with Crippen LogP contribution in [0.1, 0.15) is 19.8 Å². The summed E-state index contributed by atoms with van der Waals surface area (Å²) in [7, 11) is 14.8. The van der Waals surface area contributed by atoms with Gasteiger partial charge in [0.2, 0.25) is 0 Å². The molecular weight excluding hydrogens is 273 g/mol. The second-order valence-corrected chi connectivity index (χ2v) is 8.68. The molecule has 62 valence electrons. The molecule has 1 nitrogen and oxygen atoms in total. The van der Waals surface area contributed by atoms with Crippen molar-refractivity contribution in [2.24, 2.45) is 0 Å². The summed E-state index contributed by atoms with van der Waals surface area (Å²) in [6.45, 7) is 2.40. The van der Waals surface area contributed by atoms with Crippen molar-refractivity contribution in [3.05, 3.63) is 0 Å². The molecule has 0 saturated carbocycles. The monoisotopic (exact) mass is 282 g/mol. The molecule has 5 heteroatoms. The van der Waals surface area contributed by atoms with Crippen LogP contribution >= 0.6 is 29.1 Å². The van der Waals surface area contributed by atoms with Gasteiger partial charge in [-0.05, 0) is 6.42 Å². The van der Waals surface area contributed by atoms with Gasteiger partial charge in [-0.2, -0.15) is 0 Å². The quantitative estimate of drug-likeness (QED) is 0.773. The number of halogens is 3. The molecule has 0 fully saturated rings. The number of hydrogen-bond acceptors (Lipinski definition) is 1. The van der Waals surface area contributed by atoms with E-state index < -0.39 is 13.0 Å². The molecule has 1 N–H and O–H groups in total. The molecule has 9 heavy (non-hydrogen) atoms. The third kappa shape index (κ3) is 44.0. The Morgan fingerprint density at radius 2 is 1.67 bits per heavy atom. The Labute approximate surface area is 73.3 Å². The van der Waals surface area contributed by atoms with Crippen molar-refractivity contribution in [3.63, 3.8) is 0 Å². The molecule has 0 atom stereocenters. The van der Waals surface area contributed by atoms with Gasteiger partial charge in [0.1, 0.15) is 0 Å². The second kappa shape index (κ2) is 12.2. The summed E-state index contributed by atoms with van der Waals surface area (Å²) in [5.74, 6) is 0. The van der Waals surface area contributed by atoms with Crippen LogP contribution in [0.3, 0.4) is 0 Å². The molecule has 0 aliphatic carbocycles. The molecule has 0 aromatic heterocycles. The van der Waals surface area contributed by atoms with E-state index in [9.17, 15) is 0 Å². The molecule has 0 aliphatic heterocycles. The van der Waals surface area contributed by atoms with E-state index in [4.69, 9.17) is 34.2 Å². The van der Waals surface area contributed by atoms with E-state index in [2.05, 4.69) is 6.92 Å². The zero-order valence-electron chi connectivity index (χ0n) is 5.04. The topological polar surface area (TPSA) is 20.2 Å². The average Bonchev–Trinajstić information content (AvgIpc) is 1.66. The summed E-state index contributed by atoms with van der Waals surface area (Å²) >= 11 is -1.66. The molecule has 0 amide bonds. The van der Waals surface area contributed by atoms with Crippen molar-refractivity contribution in [2.45, 2.75) is 19.8 Å². The van der Waals surface area contributed by atoms with Gasteiger partial charge in [0.15, 0.2) is 0 Å². The summed E-state index contributed by atoms with van der Waals surface area (Å²) in [5, 5.41) is 8.07. The number of hydrogen-bond donors (Lipinski definition) is 1. The van der Waals surface area contributed by atoms with Crippen molar-refractivity contribution in [3.8, 4) is 0 Å². The Kier molecular flexibility index (Phi) is 17.7. The fraction of sp³-hybridized carbons (Fsp3) is 1.00. The third-order valence-electron chi connectivity index (χ3n) is 0.512. The van der Waals surface area contributed by atoms with Gasteiger partial charge in [-0.3, -0.25) is 0 Å². The normalized spacial score (nSPS) is 9.67. The zero-order chi connectivity index (χ0) is 7.70. The minimum atomic E-state index is -1.66. The van der Waals surface area contributed by atoms with E-state index in [-0.39, 0.29) is 0 Å². The van der Waals surface area contributed by atoms with Crippen LogP contribution in [0.15, 0.2) is 0 Å². The van der Waals surface area contributed by atoms with E-state index in [0.717, 1.165) is 12.8 Å². The summed E-state index contributed by atoms with van der Waals surface area (Å²) in [6.07, 6.45) is 2.04. The van der Waals surface area contributed by atoms with Gasteiger partial charge in [0.05, 0.1) is 0 Å². The Balaban J connectivity index is 0. The van der Waals surface area contributed by atoms with Gasteiger partial charge in [-0.1, -0.05) is 13.3 Å². The third-order valence-corrected chi connectivity index (χ3v) is 0.512. The van der Waals surface area contributed by atoms with E-state index in [1.807, 2.05) is 0 Å². The first kappa shape index (κ1) is 13.1. The van der Waals surface area contributed by atoms with Crippen LogP contribution in [0, 0.1) is 0 Å². The SMILES string of the molecule is CCCCO.[Cl][Rh]([Cl])[Cl]. The molecule has 0 spiro atoms. The first-order valence-electron chi connectivity index (χ1n) is 2.40. The van der Waals surface area contributed by atoms with Crippen LogP contribution < -0.4 is 0 Å². The maximum atomic E-state index is 8.07. The molecule has 0 rings (SSSR count). The van der Waals surface area contributed by atoms with Gasteiger partial charge in [-0.15, -0.1) is 0 Å². The van der Waals surface area contributed by atoms with E-state index in [0.29, 0.717) is 6.61 Å². The van der Waals surface area contributed by atoms with Crippen molar-refractivity contribution < 1.29 is 18.1 Å². The van der Waals surface area contributed by atoms with Crippen LogP contribution in [-0.2, 0) is 13.0 Å². The fourth-order valence-electron chi connectivity index (χ4n) is 0.158. The van der Waals surface area contributed by atoms with Gasteiger partial charge in [0.25, 0.3) is 0 Å². The van der Waals surface area contributed by atoms with Crippen LogP contribution in [0.2, 0.25) is 0 Å². The van der Waals surface area contributed by atoms with Crippen molar-refractivity contribution in [2.75, 3.05) is 6.61 Å². The Morgan fingerprint density at radius 1 is 1.33 bits per heavy atom. The van der Waals surface area contributed by atoms with Crippen molar-refractivity contribution >= 4 is 29.1 Å². The van der Waals surface area contributed by atoms with Gasteiger partial charge >= 0.3 is 42.1 Å². The molecule has 0 aromatic rings. The van der Waals surface area contributed by atoms with Crippen molar-refractivity contribution in [1.29, 1.82) is 0 Å². The number of aliphatic hydroxyl groups is 1. The molecule has 0 bridgehead atoms. The first-order chi connectivity index (χ1) is 4.15. The van der Waals surface area contributed by atoms with Crippen LogP contribution in [0.4, 0.5) is 0 Å². The Hall–Kier alpha value is 1.45. The first-order valence-corrected chi connectivity index (χ1v) is 8.73. The molecule has 0 unspecified atom stereocenters. The predicted octanol–water partition coefficient (Wildman–Crippen LogP) is 2.84. The van der Waals surface area contributed by atoms with Crippen molar-refractivity contribution in [1.82, 2.24) is 0 Å². The zero-order valence-corrected chi connectivity index (χ0v) is 8.94. The van der Waals surface area contributed by atoms with E-state index >= 15 is 0 Å². The summed E-state index contributed by atoms with van der Waals surface area (Å²) in [4.78, 5) is 0. The van der Waals surface area contributed by atoms with Gasteiger partial charge in [-0.25, -0.2) is 0 Å².